The smallest absolute Gasteiger partial charge is 0.228 e. The maximum absolute atomic E-state index is 13.5. The predicted octanol–water partition coefficient (Wildman–Crippen LogP) is 3.49. The molecule has 0 radical (unpaired) electrons. The molecule has 4 saturated carbocycles. The van der Waals surface area contributed by atoms with E-state index in [9.17, 15) is 4.79 Å². The number of aromatic nitrogens is 2. The van der Waals surface area contributed by atoms with Gasteiger partial charge in [-0.2, -0.15) is 0 Å². The number of benzene rings is 1. The van der Waals surface area contributed by atoms with E-state index < -0.39 is 0 Å². The van der Waals surface area contributed by atoms with Crippen LogP contribution in [0.15, 0.2) is 30.5 Å². The van der Waals surface area contributed by atoms with Crippen molar-refractivity contribution in [2.45, 2.75) is 38.5 Å². The molecule has 7 rings (SSSR count). The lowest BCUT2D eigenvalue weighted by Gasteiger charge is -2.57. The van der Waals surface area contributed by atoms with Crippen molar-refractivity contribution in [2.75, 3.05) is 31.1 Å². The number of carbonyl (C=O) groups excluding carboxylic acids is 1. The Morgan fingerprint density at radius 1 is 0.893 bits per heavy atom. The van der Waals surface area contributed by atoms with Crippen LogP contribution in [0.25, 0.3) is 11.0 Å². The summed E-state index contributed by atoms with van der Waals surface area (Å²) in [6.45, 7) is 3.33. The molecule has 0 N–H and O–H groups in total. The Morgan fingerprint density at radius 3 is 2.14 bits per heavy atom. The SMILES string of the molecule is O=C(N1CCN(c2cnc3ccccc3n2)CC1)C12CC3CC(CC(C3)C1)C2. The van der Waals surface area contributed by atoms with E-state index in [1.54, 1.807) is 0 Å². The van der Waals surface area contributed by atoms with Crippen molar-refractivity contribution in [1.29, 1.82) is 0 Å². The Kier molecular flexibility index (Phi) is 3.69. The first-order chi connectivity index (χ1) is 13.7. The van der Waals surface area contributed by atoms with Crippen molar-refractivity contribution in [3.63, 3.8) is 0 Å². The minimum atomic E-state index is -0.0142. The Hall–Kier alpha value is -2.17. The maximum Gasteiger partial charge on any atom is 0.228 e. The first-order valence-electron chi connectivity index (χ1n) is 10.9. The van der Waals surface area contributed by atoms with Gasteiger partial charge in [0.1, 0.15) is 5.82 Å². The molecule has 1 aromatic heterocycles. The molecule has 1 aliphatic heterocycles. The number of anilines is 1. The van der Waals surface area contributed by atoms with Crippen LogP contribution >= 0.6 is 0 Å². The van der Waals surface area contributed by atoms with Crippen LogP contribution in [0.5, 0.6) is 0 Å². The van der Waals surface area contributed by atoms with Crippen LogP contribution in [0.2, 0.25) is 0 Å². The van der Waals surface area contributed by atoms with Crippen molar-refractivity contribution in [3.05, 3.63) is 30.5 Å². The van der Waals surface area contributed by atoms with Gasteiger partial charge in [-0.15, -0.1) is 0 Å². The molecule has 2 heterocycles. The number of nitrogens with zero attached hydrogens (tertiary/aromatic N) is 4. The molecule has 28 heavy (non-hydrogen) atoms. The van der Waals surface area contributed by atoms with Crippen molar-refractivity contribution in [1.82, 2.24) is 14.9 Å². The van der Waals surface area contributed by atoms with Gasteiger partial charge in [0.15, 0.2) is 0 Å². The molecular weight excluding hydrogens is 348 g/mol. The van der Waals surface area contributed by atoms with E-state index in [1.807, 2.05) is 30.5 Å². The third kappa shape index (κ3) is 2.62. The second-order valence-corrected chi connectivity index (χ2v) is 9.69. The molecule has 146 valence electrons. The van der Waals surface area contributed by atoms with Crippen molar-refractivity contribution >= 4 is 22.8 Å². The highest BCUT2D eigenvalue weighted by Gasteiger charge is 2.55. The predicted molar refractivity (Wildman–Crippen MR) is 109 cm³/mol. The minimum Gasteiger partial charge on any atom is -0.352 e. The molecule has 2 aromatic rings. The number of amides is 1. The second kappa shape index (κ2) is 6.16. The molecule has 4 bridgehead atoms. The summed E-state index contributed by atoms with van der Waals surface area (Å²) in [6, 6.07) is 8.00. The summed E-state index contributed by atoms with van der Waals surface area (Å²) in [5, 5.41) is 0. The molecule has 0 atom stereocenters. The fourth-order valence-electron chi connectivity index (χ4n) is 6.95. The van der Waals surface area contributed by atoms with Crippen LogP contribution in [0, 0.1) is 23.2 Å². The highest BCUT2D eigenvalue weighted by Crippen LogP contribution is 2.60. The van der Waals surface area contributed by atoms with Gasteiger partial charge >= 0.3 is 0 Å². The summed E-state index contributed by atoms with van der Waals surface area (Å²) < 4.78 is 0. The van der Waals surface area contributed by atoms with Gasteiger partial charge in [0, 0.05) is 26.2 Å². The molecular formula is C23H28N4O. The topological polar surface area (TPSA) is 49.3 Å². The Morgan fingerprint density at radius 2 is 1.50 bits per heavy atom. The van der Waals surface area contributed by atoms with E-state index in [2.05, 4.69) is 14.8 Å². The van der Waals surface area contributed by atoms with E-state index in [0.717, 1.165) is 80.0 Å². The highest BCUT2D eigenvalue weighted by atomic mass is 16.2. The molecule has 5 nitrogen and oxygen atoms in total. The largest absolute Gasteiger partial charge is 0.352 e. The van der Waals surface area contributed by atoms with Crippen LogP contribution in [0.3, 0.4) is 0 Å². The van der Waals surface area contributed by atoms with Gasteiger partial charge in [0.2, 0.25) is 5.91 Å². The second-order valence-electron chi connectivity index (χ2n) is 9.69. The number of rotatable bonds is 2. The monoisotopic (exact) mass is 376 g/mol. The number of hydrogen-bond acceptors (Lipinski definition) is 4. The van der Waals surface area contributed by atoms with Gasteiger partial charge in [-0.1, -0.05) is 12.1 Å². The summed E-state index contributed by atoms with van der Waals surface area (Å²) in [5.74, 6) is 3.87. The molecule has 4 aliphatic carbocycles. The summed E-state index contributed by atoms with van der Waals surface area (Å²) >= 11 is 0. The third-order valence-corrected chi connectivity index (χ3v) is 7.82. The van der Waals surface area contributed by atoms with Crippen LogP contribution in [0.4, 0.5) is 5.82 Å². The average Bonchev–Trinajstić information content (AvgIpc) is 2.72. The highest BCUT2D eigenvalue weighted by molar-refractivity contribution is 5.83. The lowest BCUT2D eigenvalue weighted by molar-refractivity contribution is -0.158. The molecule has 5 aliphatic rings. The molecule has 1 amide bonds. The summed E-state index contributed by atoms with van der Waals surface area (Å²) in [6.07, 6.45) is 9.53. The quantitative estimate of drug-likeness (QED) is 0.805. The summed E-state index contributed by atoms with van der Waals surface area (Å²) in [7, 11) is 0. The Bertz CT molecular complexity index is 882. The standard InChI is InChI=1S/C23H28N4O/c28-22(23-12-16-9-17(13-23)11-18(10-16)14-23)27-7-5-26(6-8-27)21-15-24-19-3-1-2-4-20(19)25-21/h1-4,15-18H,5-14H2. The summed E-state index contributed by atoms with van der Waals surface area (Å²) in [5.41, 5.74) is 1.86. The molecule has 1 aromatic carbocycles. The van der Waals surface area contributed by atoms with E-state index in [0.29, 0.717) is 5.91 Å². The normalized spacial score (nSPS) is 34.2. The molecule has 5 heteroatoms. The van der Waals surface area contributed by atoms with Gasteiger partial charge in [-0.25, -0.2) is 4.98 Å². The van der Waals surface area contributed by atoms with E-state index in [1.165, 1.54) is 19.3 Å². The number of hydrogen-bond donors (Lipinski definition) is 0. The average molecular weight is 377 g/mol. The number of carbonyl (C=O) groups is 1. The van der Waals surface area contributed by atoms with Crippen LogP contribution in [-0.4, -0.2) is 47.0 Å². The number of fused-ring (bicyclic) bond motifs is 1. The molecule has 1 saturated heterocycles. The van der Waals surface area contributed by atoms with Crippen molar-refractivity contribution < 1.29 is 4.79 Å². The first-order valence-corrected chi connectivity index (χ1v) is 10.9. The van der Waals surface area contributed by atoms with Gasteiger partial charge in [-0.3, -0.25) is 9.78 Å². The van der Waals surface area contributed by atoms with Crippen LogP contribution < -0.4 is 4.90 Å². The zero-order chi connectivity index (χ0) is 18.7. The number of piperazine rings is 1. The number of para-hydroxylation sites is 2. The van der Waals surface area contributed by atoms with Gasteiger partial charge in [0.05, 0.1) is 22.6 Å². The lowest BCUT2D eigenvalue weighted by atomic mass is 9.49. The lowest BCUT2D eigenvalue weighted by Crippen LogP contribution is -2.58. The zero-order valence-corrected chi connectivity index (χ0v) is 16.4. The zero-order valence-electron chi connectivity index (χ0n) is 16.4. The molecule has 0 unspecified atom stereocenters. The first kappa shape index (κ1) is 16.8. The maximum atomic E-state index is 13.5. The molecule has 0 spiro atoms. The fraction of sp³-hybridized carbons (Fsp3) is 0.609. The molecule has 5 fully saturated rings. The van der Waals surface area contributed by atoms with E-state index in [4.69, 9.17) is 4.98 Å². The Labute approximate surface area is 166 Å². The summed E-state index contributed by atoms with van der Waals surface area (Å²) in [4.78, 5) is 27.3. The minimum absolute atomic E-state index is 0.0142. The van der Waals surface area contributed by atoms with Crippen LogP contribution in [0.1, 0.15) is 38.5 Å². The van der Waals surface area contributed by atoms with Gasteiger partial charge < -0.3 is 9.80 Å². The van der Waals surface area contributed by atoms with E-state index in [-0.39, 0.29) is 5.41 Å². The van der Waals surface area contributed by atoms with Crippen molar-refractivity contribution in [2.24, 2.45) is 23.2 Å². The Balaban J connectivity index is 1.16. The van der Waals surface area contributed by atoms with Crippen molar-refractivity contribution in [3.8, 4) is 0 Å². The van der Waals surface area contributed by atoms with Crippen LogP contribution in [-0.2, 0) is 4.79 Å². The van der Waals surface area contributed by atoms with Gasteiger partial charge in [0.25, 0.3) is 0 Å². The fourth-order valence-corrected chi connectivity index (χ4v) is 6.95. The van der Waals surface area contributed by atoms with E-state index >= 15 is 0 Å². The third-order valence-electron chi connectivity index (χ3n) is 7.82. The van der Waals surface area contributed by atoms with Gasteiger partial charge in [-0.05, 0) is 68.4 Å².